The molecule has 2 heterocycles. The van der Waals surface area contributed by atoms with Crippen molar-refractivity contribution in [3.63, 3.8) is 0 Å². The quantitative estimate of drug-likeness (QED) is 0.944. The van der Waals surface area contributed by atoms with Gasteiger partial charge in [0.2, 0.25) is 11.0 Å². The largest absolute Gasteiger partial charge is 0.300 e. The number of nitrogens with one attached hydrogen (secondary N) is 1. The third-order valence-corrected chi connectivity index (χ3v) is 4.78. The van der Waals surface area contributed by atoms with Crippen LogP contribution in [0.5, 0.6) is 0 Å². The topological polar surface area (TPSA) is 54.9 Å². The summed E-state index contributed by atoms with van der Waals surface area (Å²) in [7, 11) is 0. The highest BCUT2D eigenvalue weighted by Crippen LogP contribution is 2.27. The fourth-order valence-corrected chi connectivity index (χ4v) is 3.05. The number of aryl methyl sites for hydroxylation is 1. The number of thiophene rings is 1. The maximum atomic E-state index is 11.9. The van der Waals surface area contributed by atoms with Gasteiger partial charge in [-0.25, -0.2) is 0 Å². The van der Waals surface area contributed by atoms with Gasteiger partial charge in [0.1, 0.15) is 5.01 Å². The summed E-state index contributed by atoms with van der Waals surface area (Å²) in [6.45, 7) is 8.26. The van der Waals surface area contributed by atoms with Crippen LogP contribution in [0.15, 0.2) is 11.4 Å². The number of rotatable bonds is 3. The maximum Gasteiger partial charge on any atom is 0.230 e. The second-order valence-electron chi connectivity index (χ2n) is 5.39. The van der Waals surface area contributed by atoms with E-state index >= 15 is 0 Å². The second-order valence-corrected chi connectivity index (χ2v) is 7.49. The maximum absolute atomic E-state index is 11.9. The SMILES string of the molecule is Cc1sccc1CC(=O)Nc1nnc(C(C)(C)C)s1. The van der Waals surface area contributed by atoms with Crippen LogP contribution in [0.3, 0.4) is 0 Å². The molecule has 0 bridgehead atoms. The Hall–Kier alpha value is -1.27. The van der Waals surface area contributed by atoms with Crippen molar-refractivity contribution in [3.8, 4) is 0 Å². The predicted molar refractivity (Wildman–Crippen MR) is 80.0 cm³/mol. The molecule has 0 radical (unpaired) electrons. The monoisotopic (exact) mass is 295 g/mol. The first-order chi connectivity index (χ1) is 8.86. The summed E-state index contributed by atoms with van der Waals surface area (Å²) in [6.07, 6.45) is 0.389. The first kappa shape index (κ1) is 14.1. The predicted octanol–water partition coefficient (Wildman–Crippen LogP) is 3.39. The van der Waals surface area contributed by atoms with Crippen molar-refractivity contribution in [3.05, 3.63) is 26.9 Å². The van der Waals surface area contributed by atoms with E-state index < -0.39 is 0 Å². The minimum Gasteiger partial charge on any atom is -0.300 e. The normalized spacial score (nSPS) is 11.6. The van der Waals surface area contributed by atoms with Gasteiger partial charge in [0.05, 0.1) is 6.42 Å². The third-order valence-electron chi connectivity index (χ3n) is 2.63. The van der Waals surface area contributed by atoms with E-state index in [9.17, 15) is 4.79 Å². The van der Waals surface area contributed by atoms with Crippen LogP contribution in [0.2, 0.25) is 0 Å². The van der Waals surface area contributed by atoms with E-state index in [4.69, 9.17) is 0 Å². The number of aromatic nitrogens is 2. The van der Waals surface area contributed by atoms with Crippen LogP contribution in [0.1, 0.15) is 36.2 Å². The highest BCUT2D eigenvalue weighted by atomic mass is 32.1. The van der Waals surface area contributed by atoms with Crippen LogP contribution in [0, 0.1) is 6.92 Å². The lowest BCUT2D eigenvalue weighted by atomic mass is 9.98. The lowest BCUT2D eigenvalue weighted by molar-refractivity contribution is -0.115. The summed E-state index contributed by atoms with van der Waals surface area (Å²) in [5.74, 6) is -0.0434. The first-order valence-electron chi connectivity index (χ1n) is 6.03. The molecule has 0 fully saturated rings. The molecular weight excluding hydrogens is 278 g/mol. The number of hydrogen-bond acceptors (Lipinski definition) is 5. The highest BCUT2D eigenvalue weighted by molar-refractivity contribution is 7.15. The Morgan fingerprint density at radius 2 is 2.11 bits per heavy atom. The number of carbonyl (C=O) groups excluding carboxylic acids is 1. The number of amides is 1. The van der Waals surface area contributed by atoms with Crippen molar-refractivity contribution >= 4 is 33.7 Å². The minimum atomic E-state index is -0.0434. The molecule has 102 valence electrons. The Kier molecular flexibility index (Phi) is 4.01. The summed E-state index contributed by atoms with van der Waals surface area (Å²) >= 11 is 3.09. The van der Waals surface area contributed by atoms with Crippen LogP contribution in [-0.4, -0.2) is 16.1 Å². The van der Waals surface area contributed by atoms with E-state index in [2.05, 4.69) is 36.3 Å². The van der Waals surface area contributed by atoms with Gasteiger partial charge >= 0.3 is 0 Å². The van der Waals surface area contributed by atoms with E-state index in [-0.39, 0.29) is 11.3 Å². The standard InChI is InChI=1S/C13H17N3OS2/c1-8-9(5-6-18-8)7-10(17)14-12-16-15-11(19-12)13(2,3)4/h5-6H,7H2,1-4H3,(H,14,16,17). The number of hydrogen-bond donors (Lipinski definition) is 1. The van der Waals surface area contributed by atoms with Crippen LogP contribution < -0.4 is 5.32 Å². The molecule has 0 spiro atoms. The van der Waals surface area contributed by atoms with E-state index in [1.807, 2.05) is 18.4 Å². The van der Waals surface area contributed by atoms with Gasteiger partial charge in [-0.15, -0.1) is 21.5 Å². The smallest absolute Gasteiger partial charge is 0.230 e. The Labute approximate surface area is 120 Å². The first-order valence-corrected chi connectivity index (χ1v) is 7.72. The van der Waals surface area contributed by atoms with Crippen LogP contribution in [0.25, 0.3) is 0 Å². The van der Waals surface area contributed by atoms with Crippen LogP contribution in [0.4, 0.5) is 5.13 Å². The summed E-state index contributed by atoms with van der Waals surface area (Å²) in [6, 6.07) is 1.99. The molecule has 4 nitrogen and oxygen atoms in total. The lowest BCUT2D eigenvalue weighted by Gasteiger charge is -2.12. The van der Waals surface area contributed by atoms with Crippen LogP contribution in [-0.2, 0) is 16.6 Å². The van der Waals surface area contributed by atoms with Crippen molar-refractivity contribution in [2.24, 2.45) is 0 Å². The second kappa shape index (κ2) is 5.38. The Bertz CT molecular complexity index is 581. The van der Waals surface area contributed by atoms with Gasteiger partial charge in [-0.05, 0) is 23.9 Å². The molecule has 2 rings (SSSR count). The Morgan fingerprint density at radius 3 is 2.63 bits per heavy atom. The van der Waals surface area contributed by atoms with Gasteiger partial charge in [0, 0.05) is 10.3 Å². The molecule has 6 heteroatoms. The van der Waals surface area contributed by atoms with Crippen LogP contribution >= 0.6 is 22.7 Å². The minimum absolute atomic E-state index is 0.0371. The van der Waals surface area contributed by atoms with Gasteiger partial charge in [0.25, 0.3) is 0 Å². The molecule has 1 N–H and O–H groups in total. The molecule has 2 aromatic rings. The number of anilines is 1. The zero-order chi connectivity index (χ0) is 14.0. The number of carbonyl (C=O) groups is 1. The molecular formula is C13H17N3OS2. The van der Waals surface area contributed by atoms with E-state index in [1.165, 1.54) is 16.2 Å². The Morgan fingerprint density at radius 1 is 1.37 bits per heavy atom. The molecule has 19 heavy (non-hydrogen) atoms. The molecule has 2 aromatic heterocycles. The molecule has 0 aromatic carbocycles. The van der Waals surface area contributed by atoms with Crippen molar-refractivity contribution in [1.29, 1.82) is 0 Å². The molecule has 1 amide bonds. The molecule has 0 aliphatic rings. The fourth-order valence-electron chi connectivity index (χ4n) is 1.51. The van der Waals surface area contributed by atoms with Gasteiger partial charge in [-0.1, -0.05) is 32.1 Å². The fraction of sp³-hybridized carbons (Fsp3) is 0.462. The van der Waals surface area contributed by atoms with Gasteiger partial charge in [-0.3, -0.25) is 4.79 Å². The molecule has 0 saturated heterocycles. The summed E-state index contributed by atoms with van der Waals surface area (Å²) < 4.78 is 0. The van der Waals surface area contributed by atoms with E-state index in [0.717, 1.165) is 10.6 Å². The number of nitrogens with zero attached hydrogens (tertiary/aromatic N) is 2. The molecule has 0 unspecified atom stereocenters. The highest BCUT2D eigenvalue weighted by Gasteiger charge is 2.20. The van der Waals surface area contributed by atoms with Gasteiger partial charge in [-0.2, -0.15) is 0 Å². The molecule has 0 aliphatic heterocycles. The van der Waals surface area contributed by atoms with E-state index in [0.29, 0.717) is 11.6 Å². The summed E-state index contributed by atoms with van der Waals surface area (Å²) in [4.78, 5) is 13.1. The summed E-state index contributed by atoms with van der Waals surface area (Å²) in [5, 5.41) is 14.4. The summed E-state index contributed by atoms with van der Waals surface area (Å²) in [5.41, 5.74) is 1.04. The zero-order valence-electron chi connectivity index (χ0n) is 11.5. The van der Waals surface area contributed by atoms with Crippen molar-refractivity contribution in [2.45, 2.75) is 39.5 Å². The molecule has 0 atom stereocenters. The lowest BCUT2D eigenvalue weighted by Crippen LogP contribution is -2.14. The van der Waals surface area contributed by atoms with Crippen molar-refractivity contribution < 1.29 is 4.79 Å². The van der Waals surface area contributed by atoms with E-state index in [1.54, 1.807) is 11.3 Å². The third kappa shape index (κ3) is 3.61. The molecule has 0 saturated carbocycles. The zero-order valence-corrected chi connectivity index (χ0v) is 13.1. The average Bonchev–Trinajstić information content (AvgIpc) is 2.88. The Balaban J connectivity index is 2.00. The van der Waals surface area contributed by atoms with Crippen molar-refractivity contribution in [1.82, 2.24) is 10.2 Å². The van der Waals surface area contributed by atoms with Gasteiger partial charge in [0.15, 0.2) is 0 Å². The average molecular weight is 295 g/mol. The van der Waals surface area contributed by atoms with Crippen molar-refractivity contribution in [2.75, 3.05) is 5.32 Å². The van der Waals surface area contributed by atoms with Gasteiger partial charge < -0.3 is 5.32 Å². The molecule has 0 aliphatic carbocycles.